The van der Waals surface area contributed by atoms with Gasteiger partial charge in [-0.2, -0.15) is 0 Å². The number of halogens is 1. The monoisotopic (exact) mass is 492 g/mol. The average Bonchev–Trinajstić information content (AvgIpc) is 3.59. The van der Waals surface area contributed by atoms with Gasteiger partial charge in [-0.3, -0.25) is 9.59 Å². The van der Waals surface area contributed by atoms with Crippen LogP contribution in [0.25, 0.3) is 0 Å². The molecular formula is C27H25FN2O4S. The molecule has 2 aromatic carbocycles. The first kappa shape index (κ1) is 24.2. The van der Waals surface area contributed by atoms with E-state index in [9.17, 15) is 14.0 Å². The van der Waals surface area contributed by atoms with Gasteiger partial charge in [0.25, 0.3) is 5.91 Å². The molecule has 1 unspecified atom stereocenters. The zero-order valence-electron chi connectivity index (χ0n) is 19.1. The lowest BCUT2D eigenvalue weighted by molar-refractivity contribution is -0.141. The summed E-state index contributed by atoms with van der Waals surface area (Å²) < 4.78 is 25.3. The highest BCUT2D eigenvalue weighted by atomic mass is 32.1. The first-order chi connectivity index (χ1) is 17.0. The number of benzene rings is 2. The third-order valence-electron chi connectivity index (χ3n) is 5.52. The van der Waals surface area contributed by atoms with Crippen molar-refractivity contribution in [2.24, 2.45) is 0 Å². The lowest BCUT2D eigenvalue weighted by atomic mass is 10.1. The van der Waals surface area contributed by atoms with E-state index in [1.807, 2.05) is 29.6 Å². The largest absolute Gasteiger partial charge is 0.497 e. The van der Waals surface area contributed by atoms with Crippen molar-refractivity contribution < 1.29 is 23.1 Å². The molecule has 1 N–H and O–H groups in total. The molecule has 0 spiro atoms. The van der Waals surface area contributed by atoms with Crippen LogP contribution < -0.4 is 10.1 Å². The quantitative estimate of drug-likeness (QED) is 0.334. The zero-order valence-corrected chi connectivity index (χ0v) is 20.0. The zero-order chi connectivity index (χ0) is 24.6. The summed E-state index contributed by atoms with van der Waals surface area (Å²) in [7, 11) is 1.59. The second-order valence-electron chi connectivity index (χ2n) is 7.85. The van der Waals surface area contributed by atoms with Crippen LogP contribution in [0.5, 0.6) is 5.75 Å². The van der Waals surface area contributed by atoms with Crippen molar-refractivity contribution in [3.05, 3.63) is 112 Å². The maximum absolute atomic E-state index is 14.6. The van der Waals surface area contributed by atoms with Crippen molar-refractivity contribution in [2.45, 2.75) is 25.6 Å². The molecule has 8 heteroatoms. The molecule has 6 nitrogen and oxygen atoms in total. The Bertz CT molecular complexity index is 1240. The number of carbonyl (C=O) groups is 2. The van der Waals surface area contributed by atoms with Crippen molar-refractivity contribution in [3.63, 3.8) is 0 Å². The Hall–Kier alpha value is -3.91. The van der Waals surface area contributed by atoms with Gasteiger partial charge in [0.05, 0.1) is 19.8 Å². The van der Waals surface area contributed by atoms with E-state index in [-0.39, 0.29) is 25.4 Å². The molecule has 2 aromatic heterocycles. The molecule has 4 aromatic rings. The predicted molar refractivity (Wildman–Crippen MR) is 131 cm³/mol. The van der Waals surface area contributed by atoms with Gasteiger partial charge in [-0.25, -0.2) is 4.39 Å². The van der Waals surface area contributed by atoms with E-state index in [2.05, 4.69) is 5.32 Å². The second kappa shape index (κ2) is 11.5. The van der Waals surface area contributed by atoms with E-state index in [1.54, 1.807) is 49.6 Å². The smallest absolute Gasteiger partial charge is 0.251 e. The van der Waals surface area contributed by atoms with Crippen LogP contribution in [0.4, 0.5) is 4.39 Å². The minimum atomic E-state index is -1.07. The number of rotatable bonds is 10. The van der Waals surface area contributed by atoms with Gasteiger partial charge in [-0.05, 0) is 47.3 Å². The highest BCUT2D eigenvalue weighted by Crippen LogP contribution is 2.27. The number of nitrogens with zero attached hydrogens (tertiary/aromatic N) is 1. The maximum atomic E-state index is 14.6. The molecule has 0 bridgehead atoms. The van der Waals surface area contributed by atoms with Gasteiger partial charge in [0, 0.05) is 23.5 Å². The summed E-state index contributed by atoms with van der Waals surface area (Å²) in [4.78, 5) is 29.2. The van der Waals surface area contributed by atoms with Crippen LogP contribution in [-0.2, 0) is 29.1 Å². The summed E-state index contributed by atoms with van der Waals surface area (Å²) in [6, 6.07) is 19.5. The third-order valence-corrected chi connectivity index (χ3v) is 6.40. The number of furan rings is 1. The van der Waals surface area contributed by atoms with Crippen molar-refractivity contribution in [2.75, 3.05) is 7.11 Å². The van der Waals surface area contributed by atoms with Crippen LogP contribution in [0.1, 0.15) is 27.8 Å². The number of methoxy groups -OCH3 is 1. The Balaban J connectivity index is 1.62. The Labute approximate surface area is 207 Å². The lowest BCUT2D eigenvalue weighted by Gasteiger charge is -2.30. The normalized spacial score (nSPS) is 11.6. The van der Waals surface area contributed by atoms with Crippen LogP contribution in [0.2, 0.25) is 0 Å². The molecule has 0 saturated carbocycles. The van der Waals surface area contributed by atoms with Crippen LogP contribution >= 0.6 is 11.3 Å². The minimum absolute atomic E-state index is 0.0851. The van der Waals surface area contributed by atoms with E-state index >= 15 is 0 Å². The van der Waals surface area contributed by atoms with E-state index in [4.69, 9.17) is 9.15 Å². The topological polar surface area (TPSA) is 71.8 Å². The molecule has 2 amide bonds. The molecule has 0 radical (unpaired) electrons. The summed E-state index contributed by atoms with van der Waals surface area (Å²) in [5, 5.41) is 4.78. The molecule has 1 atom stereocenters. The number of ether oxygens (including phenoxy) is 1. The number of hydrogen-bond acceptors (Lipinski definition) is 5. The SMILES string of the molecule is COc1ccc(CNC(=O)C(c2ccco2)N(Cc2ccccc2F)C(=O)Cc2cccs2)cc1. The van der Waals surface area contributed by atoms with Crippen LogP contribution in [0.3, 0.4) is 0 Å². The number of nitrogens with one attached hydrogen (secondary N) is 1. The van der Waals surface area contributed by atoms with Crippen LogP contribution in [0, 0.1) is 5.82 Å². The first-order valence-electron chi connectivity index (χ1n) is 11.0. The summed E-state index contributed by atoms with van der Waals surface area (Å²) >= 11 is 1.45. The van der Waals surface area contributed by atoms with Gasteiger partial charge in [0.2, 0.25) is 5.91 Å². The first-order valence-corrected chi connectivity index (χ1v) is 11.9. The third kappa shape index (κ3) is 6.16. The van der Waals surface area contributed by atoms with Gasteiger partial charge >= 0.3 is 0 Å². The maximum Gasteiger partial charge on any atom is 0.251 e. The summed E-state index contributed by atoms with van der Waals surface area (Å²) in [5.74, 6) is -0.168. The molecule has 35 heavy (non-hydrogen) atoms. The average molecular weight is 493 g/mol. The van der Waals surface area contributed by atoms with Gasteiger partial charge in [-0.15, -0.1) is 11.3 Å². The molecule has 180 valence electrons. The number of carbonyl (C=O) groups excluding carboxylic acids is 2. The summed E-state index contributed by atoms with van der Waals surface area (Å²) in [5.41, 5.74) is 1.18. The minimum Gasteiger partial charge on any atom is -0.497 e. The molecule has 0 aliphatic carbocycles. The molecule has 0 saturated heterocycles. The fraction of sp³-hybridized carbons (Fsp3) is 0.185. The molecular weight excluding hydrogens is 467 g/mol. The molecule has 0 aliphatic rings. The second-order valence-corrected chi connectivity index (χ2v) is 8.89. The Morgan fingerprint density at radius 3 is 2.51 bits per heavy atom. The molecule has 4 rings (SSSR count). The highest BCUT2D eigenvalue weighted by Gasteiger charge is 2.34. The van der Waals surface area contributed by atoms with Crippen molar-refractivity contribution in [3.8, 4) is 5.75 Å². The Morgan fingerprint density at radius 2 is 1.86 bits per heavy atom. The van der Waals surface area contributed by atoms with Gasteiger partial charge in [0.15, 0.2) is 6.04 Å². The summed E-state index contributed by atoms with van der Waals surface area (Å²) in [6.07, 6.45) is 1.54. The Morgan fingerprint density at radius 1 is 1.06 bits per heavy atom. The molecule has 0 fully saturated rings. The number of thiophene rings is 1. The molecule has 2 heterocycles. The number of amides is 2. The van der Waals surface area contributed by atoms with E-state index in [0.29, 0.717) is 17.1 Å². The van der Waals surface area contributed by atoms with E-state index in [1.165, 1.54) is 28.6 Å². The van der Waals surface area contributed by atoms with Gasteiger partial charge in [0.1, 0.15) is 17.3 Å². The predicted octanol–water partition coefficient (Wildman–Crippen LogP) is 5.12. The Kier molecular flexibility index (Phi) is 7.95. The van der Waals surface area contributed by atoms with Gasteiger partial charge in [-0.1, -0.05) is 36.4 Å². The van der Waals surface area contributed by atoms with E-state index in [0.717, 1.165) is 10.4 Å². The lowest BCUT2D eigenvalue weighted by Crippen LogP contribution is -2.43. The standard InChI is InChI=1S/C27H25FN2O4S/c1-33-21-12-10-19(11-13-21)17-29-27(32)26(24-9-4-14-34-24)30(18-20-6-2-3-8-23(20)28)25(31)16-22-7-5-15-35-22/h2-15,26H,16-18H2,1H3,(H,29,32). The van der Waals surface area contributed by atoms with E-state index < -0.39 is 17.8 Å². The van der Waals surface area contributed by atoms with Crippen LogP contribution in [0.15, 0.2) is 88.9 Å². The van der Waals surface area contributed by atoms with Crippen LogP contribution in [-0.4, -0.2) is 23.8 Å². The van der Waals surface area contributed by atoms with Gasteiger partial charge < -0.3 is 19.4 Å². The fourth-order valence-corrected chi connectivity index (χ4v) is 4.39. The number of hydrogen-bond donors (Lipinski definition) is 1. The summed E-state index contributed by atoms with van der Waals surface area (Å²) in [6.45, 7) is 0.158. The molecule has 0 aliphatic heterocycles. The van der Waals surface area contributed by atoms with Crippen molar-refractivity contribution in [1.29, 1.82) is 0 Å². The highest BCUT2D eigenvalue weighted by molar-refractivity contribution is 7.10. The van der Waals surface area contributed by atoms with Crippen molar-refractivity contribution in [1.82, 2.24) is 10.2 Å². The van der Waals surface area contributed by atoms with Crippen molar-refractivity contribution >= 4 is 23.2 Å². The fourth-order valence-electron chi connectivity index (χ4n) is 3.70.